The molecule has 0 fully saturated rings. The number of sulfonamides is 2. The quantitative estimate of drug-likeness (QED) is 0.0963. The van der Waals surface area contributed by atoms with E-state index >= 15 is 0 Å². The maximum absolute atomic E-state index is 14.2. The van der Waals surface area contributed by atoms with Gasteiger partial charge in [0.2, 0.25) is 20.0 Å². The third-order valence-electron chi connectivity index (χ3n) is 13.3. The van der Waals surface area contributed by atoms with Crippen LogP contribution in [0.25, 0.3) is 11.1 Å². The van der Waals surface area contributed by atoms with Gasteiger partial charge in [0.05, 0.1) is 70.0 Å². The zero-order valence-electron chi connectivity index (χ0n) is 40.4. The average molecular weight is 1020 g/mol. The molecule has 0 radical (unpaired) electrons. The number of pyridine rings is 1. The third-order valence-corrected chi connectivity index (χ3v) is 16.2. The number of nitrogens with one attached hydrogen (secondary N) is 4. The van der Waals surface area contributed by atoms with Gasteiger partial charge >= 0.3 is 0 Å². The number of ether oxygens (including phenoxy) is 6. The van der Waals surface area contributed by atoms with Crippen molar-refractivity contribution in [3.05, 3.63) is 137 Å². The van der Waals surface area contributed by atoms with Gasteiger partial charge < -0.3 is 48.9 Å². The molecule has 0 aliphatic carbocycles. The summed E-state index contributed by atoms with van der Waals surface area (Å²) in [6.07, 6.45) is 3.65. The third kappa shape index (κ3) is 9.82. The van der Waals surface area contributed by atoms with Gasteiger partial charge in [-0.3, -0.25) is 14.6 Å². The molecule has 0 saturated carbocycles. The molecule has 0 bridgehead atoms. The molecular weight excluding hydrogens is 967 g/mol. The first-order valence-corrected chi connectivity index (χ1v) is 26.0. The number of anilines is 2. The van der Waals surface area contributed by atoms with Gasteiger partial charge in [-0.2, -0.15) is 0 Å². The zero-order chi connectivity index (χ0) is 50.9. The summed E-state index contributed by atoms with van der Waals surface area (Å²) in [4.78, 5) is 37.0. The highest BCUT2D eigenvalue weighted by atomic mass is 32.2. The number of nitrogens with zero attached hydrogens (tertiary/aromatic N) is 3. The summed E-state index contributed by atoms with van der Waals surface area (Å²) in [5.74, 6) is 1.01. The minimum Gasteiger partial charge on any atom is -0.493 e. The lowest BCUT2D eigenvalue weighted by molar-refractivity contribution is 0.0315. The van der Waals surface area contributed by atoms with Crippen LogP contribution in [-0.4, -0.2) is 124 Å². The van der Waals surface area contributed by atoms with Crippen molar-refractivity contribution in [1.29, 1.82) is 0 Å². The predicted molar refractivity (Wildman–Crippen MR) is 268 cm³/mol. The molecule has 5 aromatic rings. The van der Waals surface area contributed by atoms with Crippen molar-refractivity contribution in [3.63, 3.8) is 0 Å². The van der Waals surface area contributed by atoms with Crippen molar-refractivity contribution < 1.29 is 54.8 Å². The molecule has 19 nitrogen and oxygen atoms in total. The maximum atomic E-state index is 14.2. The van der Waals surface area contributed by atoms with E-state index in [1.165, 1.54) is 28.3 Å². The number of fused-ring (bicyclic) bond motifs is 4. The number of carbonyl (C=O) groups is 2. The molecule has 4 aliphatic heterocycles. The molecular formula is C51H55N7O12S2. The van der Waals surface area contributed by atoms with Crippen molar-refractivity contribution in [3.8, 4) is 23.0 Å². The van der Waals surface area contributed by atoms with Crippen molar-refractivity contribution in [2.45, 2.75) is 60.4 Å². The highest BCUT2D eigenvalue weighted by Crippen LogP contribution is 2.42. The Labute approximate surface area is 418 Å². The van der Waals surface area contributed by atoms with E-state index in [-0.39, 0.29) is 34.8 Å². The second-order valence-corrected chi connectivity index (χ2v) is 21.0. The van der Waals surface area contributed by atoms with E-state index in [1.54, 1.807) is 96.8 Å². The van der Waals surface area contributed by atoms with Gasteiger partial charge in [0.25, 0.3) is 11.8 Å². The van der Waals surface area contributed by atoms with Gasteiger partial charge in [-0.05, 0) is 97.7 Å². The molecule has 2 amide bonds. The monoisotopic (exact) mass is 1020 g/mol. The van der Waals surface area contributed by atoms with Crippen LogP contribution in [0, 0.1) is 0 Å². The van der Waals surface area contributed by atoms with Crippen LogP contribution in [0.1, 0.15) is 56.1 Å². The summed E-state index contributed by atoms with van der Waals surface area (Å²) >= 11 is 0. The number of methoxy groups -OCH3 is 4. The Hall–Kier alpha value is -7.01. The summed E-state index contributed by atoms with van der Waals surface area (Å²) in [6.45, 7) is 0.704. The first-order valence-electron chi connectivity index (χ1n) is 23.0. The van der Waals surface area contributed by atoms with Crippen LogP contribution in [0.3, 0.4) is 0 Å². The summed E-state index contributed by atoms with van der Waals surface area (Å²) < 4.78 is 90.0. The summed E-state index contributed by atoms with van der Waals surface area (Å²) in [5.41, 5.74) is 6.56. The number of hydrogen-bond donors (Lipinski definition) is 4. The normalized spacial score (nSPS) is 19.7. The Morgan fingerprint density at radius 3 is 1.35 bits per heavy atom. The Bertz CT molecular complexity index is 2980. The molecule has 0 saturated heterocycles. The van der Waals surface area contributed by atoms with Crippen LogP contribution in [0.2, 0.25) is 0 Å². The smallest absolute Gasteiger partial charge is 0.256 e. The standard InChI is InChI=1S/C51H55N7O12S2/c1-52-71(61,62)36-14-10-30(11-15-36)32-18-20-57-42(22-32)48(67-5)55-40-26-46(44(65-3)24-38(40)50(57)59)69-28-34-8-7-9-35(54-34)29-70-47-27-41-39(25-45(47)66-4)51(60)58-21-19-33(23-43(58)49(56-41)68-6)31-12-16-37(17-13-31)72(63,64)53-2/h7-19,24-27,42-43,48-49,52-53,55-56H,20-23,28-29H2,1-6H3/t42-,43-,48?,49?/m0/s1. The Morgan fingerprint density at radius 1 is 0.583 bits per heavy atom. The lowest BCUT2D eigenvalue weighted by Gasteiger charge is -2.37. The molecule has 5 heterocycles. The lowest BCUT2D eigenvalue weighted by Crippen LogP contribution is -2.50. The second-order valence-electron chi connectivity index (χ2n) is 17.3. The van der Waals surface area contributed by atoms with Gasteiger partial charge in [0.15, 0.2) is 23.0 Å². The number of carbonyl (C=O) groups excluding carboxylic acids is 2. The molecule has 2 unspecified atom stereocenters. The van der Waals surface area contributed by atoms with E-state index in [0.29, 0.717) is 82.8 Å². The van der Waals surface area contributed by atoms with Crippen molar-refractivity contribution in [1.82, 2.24) is 24.2 Å². The van der Waals surface area contributed by atoms with Gasteiger partial charge in [-0.1, -0.05) is 42.5 Å². The summed E-state index contributed by atoms with van der Waals surface area (Å²) in [7, 11) is 1.71. The van der Waals surface area contributed by atoms with Crippen LogP contribution >= 0.6 is 0 Å². The van der Waals surface area contributed by atoms with Gasteiger partial charge in [0.1, 0.15) is 25.7 Å². The number of aromatic nitrogens is 1. The fraction of sp³-hybridized carbons (Fsp3) is 0.314. The minimum absolute atomic E-state index is 0.0471. The summed E-state index contributed by atoms with van der Waals surface area (Å²) in [6, 6.07) is 24.7. The minimum atomic E-state index is -3.59. The average Bonchev–Trinajstić information content (AvgIpc) is 3.60. The van der Waals surface area contributed by atoms with Gasteiger partial charge in [-0.25, -0.2) is 26.3 Å². The molecule has 72 heavy (non-hydrogen) atoms. The van der Waals surface area contributed by atoms with E-state index in [0.717, 1.165) is 22.3 Å². The van der Waals surface area contributed by atoms with E-state index in [1.807, 2.05) is 30.4 Å². The van der Waals surface area contributed by atoms with E-state index < -0.39 is 44.6 Å². The van der Waals surface area contributed by atoms with E-state index in [9.17, 15) is 26.4 Å². The van der Waals surface area contributed by atoms with Crippen LogP contribution in [0.4, 0.5) is 11.4 Å². The Balaban J connectivity index is 0.870. The molecule has 4 aromatic carbocycles. The molecule has 21 heteroatoms. The van der Waals surface area contributed by atoms with Crippen LogP contribution in [-0.2, 0) is 42.7 Å². The molecule has 9 rings (SSSR count). The molecule has 378 valence electrons. The molecule has 0 spiro atoms. The van der Waals surface area contributed by atoms with Crippen LogP contribution in [0.5, 0.6) is 23.0 Å². The van der Waals surface area contributed by atoms with Gasteiger partial charge in [-0.15, -0.1) is 0 Å². The number of benzene rings is 4. The van der Waals surface area contributed by atoms with E-state index in [2.05, 4.69) is 20.1 Å². The lowest BCUT2D eigenvalue weighted by atomic mass is 9.93. The fourth-order valence-corrected chi connectivity index (χ4v) is 10.9. The number of amides is 2. The highest BCUT2D eigenvalue weighted by Gasteiger charge is 2.41. The predicted octanol–water partition coefficient (Wildman–Crippen LogP) is 5.47. The second kappa shape index (κ2) is 20.6. The van der Waals surface area contributed by atoms with Crippen molar-refractivity contribution in [2.24, 2.45) is 0 Å². The molecule has 4 atom stereocenters. The molecule has 4 N–H and O–H groups in total. The fourth-order valence-electron chi connectivity index (χ4n) is 9.43. The highest BCUT2D eigenvalue weighted by molar-refractivity contribution is 7.89. The SMILES string of the molecule is CNS(=O)(=O)c1ccc(C2=CCN3C(=O)c4cc(OC)c(OCc5cccc(COc6cc7c(cc6OC)C(=O)N6CC=C(c8ccc(S(=O)(=O)NC)cc8)C[C@H]6C(OC)N7)n5)cc4NC(OC)[C@@H]3C2)cc1. The number of hydrogen-bond acceptors (Lipinski definition) is 15. The number of rotatable bonds is 16. The largest absolute Gasteiger partial charge is 0.493 e. The zero-order valence-corrected chi connectivity index (χ0v) is 42.1. The Morgan fingerprint density at radius 2 is 0.986 bits per heavy atom. The Kier molecular flexibility index (Phi) is 14.3. The maximum Gasteiger partial charge on any atom is 0.256 e. The summed E-state index contributed by atoms with van der Waals surface area (Å²) in [5, 5.41) is 6.83. The van der Waals surface area contributed by atoms with Crippen LogP contribution in [0.15, 0.2) is 113 Å². The molecule has 1 aromatic heterocycles. The first-order chi connectivity index (χ1) is 34.7. The van der Waals surface area contributed by atoms with Crippen molar-refractivity contribution in [2.75, 3.05) is 66.3 Å². The van der Waals surface area contributed by atoms with Crippen LogP contribution < -0.4 is 39.0 Å². The first kappa shape index (κ1) is 50.0. The van der Waals surface area contributed by atoms with Crippen molar-refractivity contribution >= 4 is 54.4 Å². The molecule has 4 aliphatic rings. The van der Waals surface area contributed by atoms with E-state index in [4.69, 9.17) is 33.4 Å². The van der Waals surface area contributed by atoms with Gasteiger partial charge in [0, 0.05) is 39.4 Å². The topological polar surface area (TPSA) is 225 Å².